The highest BCUT2D eigenvalue weighted by molar-refractivity contribution is 6.27. The van der Waals surface area contributed by atoms with Crippen LogP contribution in [0.2, 0.25) is 0 Å². The van der Waals surface area contributed by atoms with Gasteiger partial charge in [-0.1, -0.05) is 25.1 Å². The summed E-state index contributed by atoms with van der Waals surface area (Å²) in [5.41, 5.74) is 4.31. The van der Waals surface area contributed by atoms with E-state index in [1.54, 1.807) is 17.0 Å². The molecule has 9 nitrogen and oxygen atoms in total. The molecule has 34 heavy (non-hydrogen) atoms. The Kier molecular flexibility index (Phi) is 10.2. The third kappa shape index (κ3) is 8.99. The number of likely N-dealkylation sites (N-methyl/N-ethyl adjacent to an activating group) is 1. The minimum atomic E-state index is -1.82. The molecule has 0 aromatic heterocycles. The predicted molar refractivity (Wildman–Crippen MR) is 123 cm³/mol. The highest BCUT2D eigenvalue weighted by Crippen LogP contribution is 2.24. The number of fused-ring (bicyclic) bond motifs is 1. The lowest BCUT2D eigenvalue weighted by atomic mass is 10.1. The van der Waals surface area contributed by atoms with E-state index in [0.717, 1.165) is 24.1 Å². The van der Waals surface area contributed by atoms with Gasteiger partial charge in [0.2, 0.25) is 11.8 Å². The molecule has 0 saturated heterocycles. The number of hydrogen-bond acceptors (Lipinski definition) is 5. The summed E-state index contributed by atoms with van der Waals surface area (Å²) >= 11 is 0. The number of aliphatic carboxylic acids is 2. The topological polar surface area (TPSA) is 136 Å². The number of carbonyl (C=O) groups excluding carboxylic acids is 2. The molecular weight excluding hydrogens is 445 g/mol. The Balaban J connectivity index is 0.000000604. The average molecular weight is 474 g/mol. The first-order valence-electron chi connectivity index (χ1n) is 10.8. The summed E-state index contributed by atoms with van der Waals surface area (Å²) in [4.78, 5) is 44.5. The van der Waals surface area contributed by atoms with Crippen molar-refractivity contribution in [2.75, 3.05) is 25.0 Å². The monoisotopic (exact) mass is 473 g/mol. The molecule has 0 aliphatic heterocycles. The fourth-order valence-electron chi connectivity index (χ4n) is 3.39. The molecule has 2 aromatic rings. The van der Waals surface area contributed by atoms with E-state index in [-0.39, 0.29) is 30.7 Å². The molecular formula is C24H28FN3O6. The van der Waals surface area contributed by atoms with Crippen molar-refractivity contribution in [2.45, 2.75) is 32.7 Å². The minimum Gasteiger partial charge on any atom is -0.473 e. The number of aryl methyl sites for hydroxylation is 2. The van der Waals surface area contributed by atoms with Crippen LogP contribution in [0.15, 0.2) is 42.5 Å². The summed E-state index contributed by atoms with van der Waals surface area (Å²) in [6.07, 6.45) is 3.35. The molecule has 0 atom stereocenters. The fourth-order valence-corrected chi connectivity index (χ4v) is 3.39. The Morgan fingerprint density at radius 1 is 0.912 bits per heavy atom. The maximum atomic E-state index is 12.9. The Morgan fingerprint density at radius 3 is 2.15 bits per heavy atom. The molecule has 0 bridgehead atoms. The van der Waals surface area contributed by atoms with E-state index in [1.165, 1.54) is 29.7 Å². The lowest BCUT2D eigenvalue weighted by Gasteiger charge is -2.19. The van der Waals surface area contributed by atoms with Gasteiger partial charge in [0.1, 0.15) is 5.82 Å². The number of halogens is 1. The lowest BCUT2D eigenvalue weighted by molar-refractivity contribution is -0.159. The van der Waals surface area contributed by atoms with Crippen molar-refractivity contribution >= 4 is 29.4 Å². The molecule has 1 aliphatic rings. The summed E-state index contributed by atoms with van der Waals surface area (Å²) in [6, 6.07) is 12.1. The fraction of sp³-hybridized carbons (Fsp3) is 0.333. The molecule has 0 fully saturated rings. The summed E-state index contributed by atoms with van der Waals surface area (Å²) < 4.78 is 12.9. The van der Waals surface area contributed by atoms with Gasteiger partial charge < -0.3 is 20.8 Å². The number of nitrogens with one attached hydrogen (secondary N) is 2. The molecule has 0 saturated carbocycles. The van der Waals surface area contributed by atoms with Gasteiger partial charge in [0.05, 0.1) is 13.1 Å². The normalized spacial score (nSPS) is 11.7. The van der Waals surface area contributed by atoms with Crippen LogP contribution in [0.1, 0.15) is 30.0 Å². The van der Waals surface area contributed by atoms with Crippen molar-refractivity contribution in [1.29, 1.82) is 0 Å². The smallest absolute Gasteiger partial charge is 0.414 e. The Labute approximate surface area is 196 Å². The van der Waals surface area contributed by atoms with Crippen LogP contribution < -0.4 is 10.6 Å². The number of amides is 2. The standard InChI is InChI=1S/C22H26FN3O2.C2H2O4/c1-2-26(14-21(27)24-13-16-6-9-19(23)10-7-16)15-22(28)25-20-11-8-17-4-3-5-18(17)12-20;3-1(4)2(5)6/h6-12H,2-5,13-15H2,1H3,(H,24,27)(H,25,28);(H,3,4)(H,5,6). The number of carbonyl (C=O) groups is 4. The lowest BCUT2D eigenvalue weighted by Crippen LogP contribution is -2.40. The van der Waals surface area contributed by atoms with Crippen LogP contribution in [-0.4, -0.2) is 58.5 Å². The van der Waals surface area contributed by atoms with Gasteiger partial charge in [0.25, 0.3) is 0 Å². The SMILES string of the molecule is CCN(CC(=O)NCc1ccc(F)cc1)CC(=O)Nc1ccc2c(c1)CCC2.O=C(O)C(=O)O. The second-order valence-electron chi connectivity index (χ2n) is 7.70. The van der Waals surface area contributed by atoms with Gasteiger partial charge in [-0.3, -0.25) is 14.5 Å². The number of carboxylic acids is 2. The van der Waals surface area contributed by atoms with E-state index >= 15 is 0 Å². The van der Waals surface area contributed by atoms with Gasteiger partial charge in [0, 0.05) is 12.2 Å². The van der Waals surface area contributed by atoms with Crippen LogP contribution in [-0.2, 0) is 38.6 Å². The Hall–Kier alpha value is -3.79. The molecule has 2 amide bonds. The number of rotatable bonds is 8. The molecule has 3 rings (SSSR count). The van der Waals surface area contributed by atoms with Crippen LogP contribution >= 0.6 is 0 Å². The molecule has 0 heterocycles. The molecule has 1 aliphatic carbocycles. The number of anilines is 1. The van der Waals surface area contributed by atoms with Gasteiger partial charge in [0.15, 0.2) is 0 Å². The zero-order valence-corrected chi connectivity index (χ0v) is 18.8. The van der Waals surface area contributed by atoms with Crippen molar-refractivity contribution in [3.05, 3.63) is 65.0 Å². The second kappa shape index (κ2) is 13.0. The molecule has 10 heteroatoms. The van der Waals surface area contributed by atoms with Crippen molar-refractivity contribution in [3.63, 3.8) is 0 Å². The van der Waals surface area contributed by atoms with Gasteiger partial charge in [-0.15, -0.1) is 0 Å². The van der Waals surface area contributed by atoms with Gasteiger partial charge in [-0.05, 0) is 66.8 Å². The number of nitrogens with zero attached hydrogens (tertiary/aromatic N) is 1. The van der Waals surface area contributed by atoms with Crippen molar-refractivity contribution < 1.29 is 33.8 Å². The van der Waals surface area contributed by atoms with Crippen molar-refractivity contribution in [2.24, 2.45) is 0 Å². The van der Waals surface area contributed by atoms with Crippen LogP contribution in [0.3, 0.4) is 0 Å². The molecule has 0 spiro atoms. The van der Waals surface area contributed by atoms with Crippen LogP contribution in [0.4, 0.5) is 10.1 Å². The largest absolute Gasteiger partial charge is 0.473 e. The van der Waals surface area contributed by atoms with Gasteiger partial charge >= 0.3 is 11.9 Å². The van der Waals surface area contributed by atoms with Crippen LogP contribution in [0.25, 0.3) is 0 Å². The highest BCUT2D eigenvalue weighted by Gasteiger charge is 2.15. The van der Waals surface area contributed by atoms with E-state index < -0.39 is 11.9 Å². The molecule has 182 valence electrons. The van der Waals surface area contributed by atoms with Crippen LogP contribution in [0, 0.1) is 5.82 Å². The van der Waals surface area contributed by atoms with Crippen molar-refractivity contribution in [1.82, 2.24) is 10.2 Å². The zero-order valence-electron chi connectivity index (χ0n) is 18.8. The van der Waals surface area contributed by atoms with Crippen LogP contribution in [0.5, 0.6) is 0 Å². The van der Waals surface area contributed by atoms with E-state index in [4.69, 9.17) is 19.8 Å². The first-order chi connectivity index (χ1) is 16.2. The van der Waals surface area contributed by atoms with Gasteiger partial charge in [-0.25, -0.2) is 14.0 Å². The summed E-state index contributed by atoms with van der Waals surface area (Å²) in [5, 5.41) is 20.5. The first-order valence-corrected chi connectivity index (χ1v) is 10.8. The van der Waals surface area contributed by atoms with E-state index in [1.807, 2.05) is 19.1 Å². The maximum Gasteiger partial charge on any atom is 0.414 e. The molecule has 0 unspecified atom stereocenters. The third-order valence-corrected chi connectivity index (χ3v) is 5.15. The molecule has 2 aromatic carbocycles. The Morgan fingerprint density at radius 2 is 1.53 bits per heavy atom. The number of carboxylic acid groups (broad SMARTS) is 2. The second-order valence-corrected chi connectivity index (χ2v) is 7.70. The Bertz CT molecular complexity index is 1010. The third-order valence-electron chi connectivity index (χ3n) is 5.15. The predicted octanol–water partition coefficient (Wildman–Crippen LogP) is 2.05. The average Bonchev–Trinajstić information content (AvgIpc) is 3.26. The highest BCUT2D eigenvalue weighted by atomic mass is 19.1. The summed E-state index contributed by atoms with van der Waals surface area (Å²) in [5.74, 6) is -4.26. The van der Waals surface area contributed by atoms with Gasteiger partial charge in [-0.2, -0.15) is 0 Å². The van der Waals surface area contributed by atoms with Crippen molar-refractivity contribution in [3.8, 4) is 0 Å². The number of hydrogen-bond donors (Lipinski definition) is 4. The summed E-state index contributed by atoms with van der Waals surface area (Å²) in [7, 11) is 0. The minimum absolute atomic E-state index is 0.133. The first kappa shape index (κ1) is 26.5. The van der Waals surface area contributed by atoms with E-state index in [0.29, 0.717) is 13.1 Å². The maximum absolute atomic E-state index is 12.9. The molecule has 0 radical (unpaired) electrons. The zero-order chi connectivity index (χ0) is 25.1. The summed E-state index contributed by atoms with van der Waals surface area (Å²) in [6.45, 7) is 3.11. The van der Waals surface area contributed by atoms with E-state index in [2.05, 4.69) is 16.7 Å². The quantitative estimate of drug-likeness (QED) is 0.431. The molecule has 4 N–H and O–H groups in total. The number of benzene rings is 2. The van der Waals surface area contributed by atoms with E-state index in [9.17, 15) is 14.0 Å².